The van der Waals surface area contributed by atoms with E-state index in [0.717, 1.165) is 50.7 Å². The van der Waals surface area contributed by atoms with E-state index in [4.69, 9.17) is 4.74 Å². The van der Waals surface area contributed by atoms with Crippen LogP contribution in [0.3, 0.4) is 0 Å². The summed E-state index contributed by atoms with van der Waals surface area (Å²) in [5.41, 5.74) is 1.60. The normalized spacial score (nSPS) is 17.4. The Kier molecular flexibility index (Phi) is 5.52. The van der Waals surface area contributed by atoms with Crippen LogP contribution in [0.5, 0.6) is 0 Å². The number of carbonyl (C=O) groups is 1. The van der Waals surface area contributed by atoms with Gasteiger partial charge in [0.1, 0.15) is 17.5 Å². The molecule has 7 heteroatoms. The number of nitrogens with zero attached hydrogens (tertiary/aromatic N) is 1. The van der Waals surface area contributed by atoms with E-state index in [1.54, 1.807) is 12.1 Å². The quantitative estimate of drug-likeness (QED) is 0.782. The van der Waals surface area contributed by atoms with E-state index in [-0.39, 0.29) is 17.5 Å². The molecule has 1 saturated heterocycles. The number of aromatic nitrogens is 1. The molecule has 28 heavy (non-hydrogen) atoms. The summed E-state index contributed by atoms with van der Waals surface area (Å²) in [5.74, 6) is -0.270. The number of halogens is 2. The molecule has 0 bridgehead atoms. The maximum atomic E-state index is 13.4. The third kappa shape index (κ3) is 4.65. The van der Waals surface area contributed by atoms with Crippen molar-refractivity contribution in [2.24, 2.45) is 5.92 Å². The van der Waals surface area contributed by atoms with Crippen molar-refractivity contribution in [2.45, 2.75) is 31.6 Å². The lowest BCUT2D eigenvalue weighted by molar-refractivity contribution is 0.0642. The molecule has 0 radical (unpaired) electrons. The van der Waals surface area contributed by atoms with Crippen LogP contribution in [0.25, 0.3) is 0 Å². The van der Waals surface area contributed by atoms with Gasteiger partial charge in [-0.1, -0.05) is 0 Å². The average Bonchev–Trinajstić information content (AvgIpc) is 3.51. The number of pyridine rings is 1. The second-order valence-corrected chi connectivity index (χ2v) is 7.45. The smallest absolute Gasteiger partial charge is 0.253 e. The van der Waals surface area contributed by atoms with Crippen molar-refractivity contribution >= 4 is 17.4 Å². The van der Waals surface area contributed by atoms with Crippen LogP contribution in [0.2, 0.25) is 0 Å². The Bertz CT molecular complexity index is 844. The molecule has 0 unspecified atom stereocenters. The van der Waals surface area contributed by atoms with Gasteiger partial charge in [0, 0.05) is 37.4 Å². The summed E-state index contributed by atoms with van der Waals surface area (Å²) in [6.07, 6.45) is 3.90. The first-order valence-corrected chi connectivity index (χ1v) is 9.68. The number of hydrogen-bond acceptors (Lipinski definition) is 4. The van der Waals surface area contributed by atoms with E-state index in [0.29, 0.717) is 23.8 Å². The number of rotatable bonds is 6. The first kappa shape index (κ1) is 18.8. The molecule has 1 aromatic heterocycles. The predicted molar refractivity (Wildman–Crippen MR) is 102 cm³/mol. The van der Waals surface area contributed by atoms with Crippen molar-refractivity contribution in [3.63, 3.8) is 0 Å². The zero-order valence-electron chi connectivity index (χ0n) is 15.5. The van der Waals surface area contributed by atoms with Gasteiger partial charge in [0.2, 0.25) is 0 Å². The minimum absolute atomic E-state index is 0.121. The van der Waals surface area contributed by atoms with Crippen LogP contribution < -0.4 is 10.6 Å². The average molecular weight is 387 g/mol. The summed E-state index contributed by atoms with van der Waals surface area (Å²) in [6.45, 7) is 2.13. The number of anilines is 2. The number of carbonyl (C=O) groups excluding carboxylic acids is 1. The molecule has 1 saturated carbocycles. The number of benzene rings is 1. The highest BCUT2D eigenvalue weighted by Gasteiger charge is 2.30. The summed E-state index contributed by atoms with van der Waals surface area (Å²) in [4.78, 5) is 17.3. The van der Waals surface area contributed by atoms with Crippen LogP contribution in [-0.4, -0.2) is 30.6 Å². The van der Waals surface area contributed by atoms with Crippen LogP contribution in [0.4, 0.5) is 20.3 Å². The lowest BCUT2D eigenvalue weighted by Gasteiger charge is -2.22. The van der Waals surface area contributed by atoms with Gasteiger partial charge >= 0.3 is 0 Å². The molecule has 2 aromatic rings. The zero-order valence-corrected chi connectivity index (χ0v) is 15.5. The van der Waals surface area contributed by atoms with Crippen molar-refractivity contribution in [3.05, 3.63) is 53.2 Å². The number of hydrogen-bond donors (Lipinski definition) is 2. The number of amides is 1. The molecule has 2 fully saturated rings. The van der Waals surface area contributed by atoms with Gasteiger partial charge in [-0.25, -0.2) is 13.8 Å². The van der Waals surface area contributed by atoms with E-state index >= 15 is 0 Å². The minimum atomic E-state index is -0.658. The van der Waals surface area contributed by atoms with Crippen LogP contribution in [0, 0.1) is 17.6 Å². The molecule has 148 valence electrons. The van der Waals surface area contributed by atoms with Gasteiger partial charge in [-0.3, -0.25) is 4.79 Å². The van der Waals surface area contributed by atoms with Gasteiger partial charge < -0.3 is 15.4 Å². The minimum Gasteiger partial charge on any atom is -0.381 e. The Morgan fingerprint density at radius 3 is 2.46 bits per heavy atom. The van der Waals surface area contributed by atoms with Gasteiger partial charge in [-0.05, 0) is 55.9 Å². The maximum absolute atomic E-state index is 13.4. The maximum Gasteiger partial charge on any atom is 0.253 e. The standard InChI is InChI=1S/C21H23F2N3O2/c22-15-9-16(23)11-17(10-15)25-19-4-3-18(20(26-19)14-1-2-14)21(27)24-12-13-5-7-28-8-6-13/h3-4,9-11,13-14H,1-2,5-8,12H2,(H,24,27)(H,25,26). The molecule has 1 aromatic carbocycles. The Morgan fingerprint density at radius 1 is 1.07 bits per heavy atom. The summed E-state index contributed by atoms with van der Waals surface area (Å²) in [7, 11) is 0. The molecule has 1 aliphatic heterocycles. The van der Waals surface area contributed by atoms with Crippen molar-refractivity contribution in [1.82, 2.24) is 10.3 Å². The highest BCUT2D eigenvalue weighted by atomic mass is 19.1. The third-order valence-corrected chi connectivity index (χ3v) is 5.16. The first-order valence-electron chi connectivity index (χ1n) is 9.68. The molecule has 2 heterocycles. The fraction of sp³-hybridized carbons (Fsp3) is 0.429. The lowest BCUT2D eigenvalue weighted by atomic mass is 10.00. The summed E-state index contributed by atoms with van der Waals surface area (Å²) < 4.78 is 32.1. The molecule has 0 spiro atoms. The molecule has 1 aliphatic carbocycles. The van der Waals surface area contributed by atoms with Crippen LogP contribution in [0.15, 0.2) is 30.3 Å². The van der Waals surface area contributed by atoms with Crippen molar-refractivity contribution < 1.29 is 18.3 Å². The highest BCUT2D eigenvalue weighted by Crippen LogP contribution is 2.41. The first-order chi connectivity index (χ1) is 13.6. The van der Waals surface area contributed by atoms with E-state index in [1.165, 1.54) is 12.1 Å². The summed E-state index contributed by atoms with van der Waals surface area (Å²) in [5, 5.41) is 5.94. The van der Waals surface area contributed by atoms with Crippen molar-refractivity contribution in [2.75, 3.05) is 25.1 Å². The van der Waals surface area contributed by atoms with E-state index in [1.807, 2.05) is 0 Å². The third-order valence-electron chi connectivity index (χ3n) is 5.16. The van der Waals surface area contributed by atoms with Crippen LogP contribution >= 0.6 is 0 Å². The van der Waals surface area contributed by atoms with Gasteiger partial charge in [0.15, 0.2) is 0 Å². The van der Waals surface area contributed by atoms with Gasteiger partial charge in [0.25, 0.3) is 5.91 Å². The molecule has 2 aliphatic rings. The van der Waals surface area contributed by atoms with Crippen molar-refractivity contribution in [1.29, 1.82) is 0 Å². The second kappa shape index (κ2) is 8.22. The molecule has 0 atom stereocenters. The Hall–Kier alpha value is -2.54. The fourth-order valence-corrected chi connectivity index (χ4v) is 3.46. The van der Waals surface area contributed by atoms with Crippen LogP contribution in [-0.2, 0) is 4.74 Å². The topological polar surface area (TPSA) is 63.2 Å². The molecule has 1 amide bonds. The van der Waals surface area contributed by atoms with Gasteiger partial charge in [-0.15, -0.1) is 0 Å². The summed E-state index contributed by atoms with van der Waals surface area (Å²) in [6, 6.07) is 6.63. The van der Waals surface area contributed by atoms with E-state index in [9.17, 15) is 13.6 Å². The monoisotopic (exact) mass is 387 g/mol. The Morgan fingerprint density at radius 2 is 1.79 bits per heavy atom. The van der Waals surface area contributed by atoms with Crippen molar-refractivity contribution in [3.8, 4) is 0 Å². The van der Waals surface area contributed by atoms with E-state index in [2.05, 4.69) is 15.6 Å². The van der Waals surface area contributed by atoms with Gasteiger partial charge in [-0.2, -0.15) is 0 Å². The van der Waals surface area contributed by atoms with E-state index < -0.39 is 11.6 Å². The molecular formula is C21H23F2N3O2. The summed E-state index contributed by atoms with van der Waals surface area (Å²) >= 11 is 0. The molecule has 2 N–H and O–H groups in total. The molecule has 5 nitrogen and oxygen atoms in total. The zero-order chi connectivity index (χ0) is 19.5. The Labute approximate surface area is 162 Å². The number of nitrogens with one attached hydrogen (secondary N) is 2. The Balaban J connectivity index is 1.48. The SMILES string of the molecule is O=C(NCC1CCOCC1)c1ccc(Nc2cc(F)cc(F)c2)nc1C1CC1. The molecule has 4 rings (SSSR count). The van der Waals surface area contributed by atoms with Crippen LogP contribution in [0.1, 0.15) is 47.7 Å². The largest absolute Gasteiger partial charge is 0.381 e. The molecular weight excluding hydrogens is 364 g/mol. The predicted octanol–water partition coefficient (Wildman–Crippen LogP) is 4.14. The second-order valence-electron chi connectivity index (χ2n) is 7.45. The highest BCUT2D eigenvalue weighted by molar-refractivity contribution is 5.95. The number of ether oxygens (including phenoxy) is 1. The fourth-order valence-electron chi connectivity index (χ4n) is 3.46. The lowest BCUT2D eigenvalue weighted by Crippen LogP contribution is -2.32. The van der Waals surface area contributed by atoms with Gasteiger partial charge in [0.05, 0.1) is 11.3 Å².